The van der Waals surface area contributed by atoms with Crippen molar-refractivity contribution in [2.24, 2.45) is 0 Å². The van der Waals surface area contributed by atoms with Crippen molar-refractivity contribution in [3.8, 4) is 0 Å². The van der Waals surface area contributed by atoms with Gasteiger partial charge in [0, 0.05) is 48.3 Å². The summed E-state index contributed by atoms with van der Waals surface area (Å²) in [7, 11) is 0. The van der Waals surface area contributed by atoms with Crippen molar-refractivity contribution in [2.75, 3.05) is 5.73 Å². The molecule has 0 radical (unpaired) electrons. The van der Waals surface area contributed by atoms with E-state index in [9.17, 15) is 9.59 Å². The van der Waals surface area contributed by atoms with Crippen LogP contribution in [0.5, 0.6) is 0 Å². The molecule has 0 spiro atoms. The second-order valence-corrected chi connectivity index (χ2v) is 6.85. The molecule has 0 amide bonds. The van der Waals surface area contributed by atoms with Crippen LogP contribution >= 0.6 is 0 Å². The van der Waals surface area contributed by atoms with Crippen molar-refractivity contribution in [1.29, 1.82) is 0 Å². The van der Waals surface area contributed by atoms with Crippen LogP contribution < -0.4 is 5.73 Å². The van der Waals surface area contributed by atoms with Gasteiger partial charge in [-0.1, -0.05) is 48.5 Å². The number of hydrogen-bond donors (Lipinski definition) is 3. The predicted molar refractivity (Wildman–Crippen MR) is 128 cm³/mol. The minimum absolute atomic E-state index is 0. The Bertz CT molecular complexity index is 1180. The first kappa shape index (κ1) is 26.1. The van der Waals surface area contributed by atoms with Crippen LogP contribution in [0.2, 0.25) is 0 Å². The smallest absolute Gasteiger partial charge is 0.335 e. The Morgan fingerprint density at radius 3 is 1.38 bits per heavy atom. The quantitative estimate of drug-likeness (QED) is 0.224. The van der Waals surface area contributed by atoms with Crippen molar-refractivity contribution < 1.29 is 39.3 Å². The number of para-hydroxylation sites is 2. The molecule has 0 bridgehead atoms. The number of aromatic carboxylic acids is 2. The number of carbonyl (C=O) groups is 2. The van der Waals surface area contributed by atoms with E-state index < -0.39 is 11.9 Å². The molecule has 5 aromatic rings. The van der Waals surface area contributed by atoms with Crippen LogP contribution in [0.3, 0.4) is 0 Å². The number of aromatic nitrogens is 2. The van der Waals surface area contributed by atoms with Gasteiger partial charge in [-0.05, 0) is 42.5 Å². The topological polar surface area (TPSA) is 126 Å². The number of nitrogen functional groups attached to an aromatic ring is 1. The van der Waals surface area contributed by atoms with Gasteiger partial charge in [-0.2, -0.15) is 0 Å². The van der Waals surface area contributed by atoms with E-state index in [0.29, 0.717) is 0 Å². The molecule has 2 heterocycles. The second kappa shape index (κ2) is 12.8. The maximum Gasteiger partial charge on any atom is 0.335 e. The predicted octanol–water partition coefficient (Wildman–Crippen LogP) is 5.13. The second-order valence-electron chi connectivity index (χ2n) is 6.85. The van der Waals surface area contributed by atoms with E-state index in [1.807, 2.05) is 60.9 Å². The molecule has 7 nitrogen and oxygen atoms in total. The van der Waals surface area contributed by atoms with Crippen molar-refractivity contribution in [1.82, 2.24) is 9.97 Å². The van der Waals surface area contributed by atoms with Crippen LogP contribution in [0.15, 0.2) is 103 Å². The third kappa shape index (κ3) is 7.46. The van der Waals surface area contributed by atoms with E-state index in [0.717, 1.165) is 17.1 Å². The Labute approximate surface area is 208 Å². The summed E-state index contributed by atoms with van der Waals surface area (Å²) in [6.45, 7) is 0. The number of benzene rings is 3. The number of pyridine rings is 2. The summed E-state index contributed by atoms with van der Waals surface area (Å²) in [5.74, 6) is -2.40. The fourth-order valence-corrected chi connectivity index (χ4v) is 2.93. The molecule has 0 saturated heterocycles. The average molecular weight is 505 g/mol. The molecule has 0 aliphatic carbocycles. The van der Waals surface area contributed by atoms with E-state index in [2.05, 4.69) is 34.2 Å². The first-order valence-electron chi connectivity index (χ1n) is 9.91. The summed E-state index contributed by atoms with van der Waals surface area (Å²) >= 11 is 0. The van der Waals surface area contributed by atoms with Crippen LogP contribution in [0.4, 0.5) is 5.69 Å². The maximum atomic E-state index is 10.5. The number of nitrogens with zero attached hydrogens (tertiary/aromatic N) is 2. The molecule has 166 valence electrons. The SMILES string of the molecule is Nc1cc(C(=O)O)cc(C(=O)O)c1.[Zn].c1ccc2ncccc2c1.c1ccc2ncccc2c1. The Hall–Kier alpha value is -4.16. The molecular formula is C26H21N3O4Zn. The van der Waals surface area contributed by atoms with Crippen molar-refractivity contribution in [3.05, 3.63) is 115 Å². The zero-order chi connectivity index (χ0) is 23.6. The van der Waals surface area contributed by atoms with E-state index in [-0.39, 0.29) is 36.3 Å². The van der Waals surface area contributed by atoms with Crippen LogP contribution in [0.1, 0.15) is 20.7 Å². The van der Waals surface area contributed by atoms with Crippen LogP contribution in [0.25, 0.3) is 21.8 Å². The zero-order valence-corrected chi connectivity index (χ0v) is 21.2. The number of anilines is 1. The molecule has 8 heteroatoms. The molecule has 34 heavy (non-hydrogen) atoms. The fourth-order valence-electron chi connectivity index (χ4n) is 2.93. The van der Waals surface area contributed by atoms with Gasteiger partial charge in [0.1, 0.15) is 0 Å². The van der Waals surface area contributed by atoms with Gasteiger partial charge in [0.15, 0.2) is 0 Å². The van der Waals surface area contributed by atoms with Gasteiger partial charge in [0.25, 0.3) is 0 Å². The third-order valence-corrected chi connectivity index (χ3v) is 4.47. The summed E-state index contributed by atoms with van der Waals surface area (Å²) in [5.41, 5.74) is 7.30. The number of hydrogen-bond acceptors (Lipinski definition) is 5. The molecule has 0 unspecified atom stereocenters. The van der Waals surface area contributed by atoms with E-state index in [1.54, 1.807) is 0 Å². The number of fused-ring (bicyclic) bond motifs is 2. The first-order valence-corrected chi connectivity index (χ1v) is 9.91. The van der Waals surface area contributed by atoms with Gasteiger partial charge in [0.2, 0.25) is 0 Å². The molecule has 3 aromatic carbocycles. The van der Waals surface area contributed by atoms with Gasteiger partial charge >= 0.3 is 11.9 Å². The van der Waals surface area contributed by atoms with Gasteiger partial charge in [-0.25, -0.2) is 9.59 Å². The molecular weight excluding hydrogens is 484 g/mol. The fraction of sp³-hybridized carbons (Fsp3) is 0. The van der Waals surface area contributed by atoms with Gasteiger partial charge in [-0.3, -0.25) is 9.97 Å². The largest absolute Gasteiger partial charge is 0.478 e. The van der Waals surface area contributed by atoms with E-state index in [4.69, 9.17) is 15.9 Å². The third-order valence-electron chi connectivity index (χ3n) is 4.47. The van der Waals surface area contributed by atoms with Crippen molar-refractivity contribution in [3.63, 3.8) is 0 Å². The summed E-state index contributed by atoms with van der Waals surface area (Å²) in [6, 6.07) is 27.6. The molecule has 0 aliphatic rings. The minimum Gasteiger partial charge on any atom is -0.478 e. The zero-order valence-electron chi connectivity index (χ0n) is 18.2. The average Bonchev–Trinajstić information content (AvgIpc) is 2.84. The van der Waals surface area contributed by atoms with Crippen molar-refractivity contribution in [2.45, 2.75) is 0 Å². The minimum atomic E-state index is -1.20. The number of carboxylic acids is 2. The van der Waals surface area contributed by atoms with Crippen LogP contribution in [0, 0.1) is 0 Å². The van der Waals surface area contributed by atoms with Crippen LogP contribution in [-0.4, -0.2) is 32.1 Å². The number of nitrogens with two attached hydrogens (primary N) is 1. The van der Waals surface area contributed by atoms with Crippen molar-refractivity contribution >= 4 is 39.4 Å². The molecule has 5 rings (SSSR count). The summed E-state index contributed by atoms with van der Waals surface area (Å²) in [5, 5.41) is 19.5. The van der Waals surface area contributed by atoms with E-state index >= 15 is 0 Å². The molecule has 0 fully saturated rings. The summed E-state index contributed by atoms with van der Waals surface area (Å²) in [4.78, 5) is 29.3. The van der Waals surface area contributed by atoms with E-state index in [1.165, 1.54) is 22.9 Å². The maximum absolute atomic E-state index is 10.5. The summed E-state index contributed by atoms with van der Waals surface area (Å²) < 4.78 is 0. The standard InChI is InChI=1S/2C9H7N.C8H7NO4.Zn/c2*1-2-6-9-8(4-1)5-3-7-10-9;9-6-2-4(7(10)11)1-5(3-6)8(12)13;/h2*1-7H;1-3H,9H2,(H,10,11)(H,12,13);. The summed E-state index contributed by atoms with van der Waals surface area (Å²) in [6.07, 6.45) is 3.62. The Kier molecular flexibility index (Phi) is 9.80. The normalized spacial score (nSPS) is 9.53. The first-order chi connectivity index (χ1) is 15.9. The van der Waals surface area contributed by atoms with Gasteiger partial charge in [-0.15, -0.1) is 0 Å². The molecule has 0 aliphatic heterocycles. The Morgan fingerprint density at radius 1 is 0.618 bits per heavy atom. The molecule has 0 atom stereocenters. The Morgan fingerprint density at radius 2 is 1.00 bits per heavy atom. The Balaban J connectivity index is 0.000000179. The molecule has 4 N–H and O–H groups in total. The van der Waals surface area contributed by atoms with Gasteiger partial charge < -0.3 is 15.9 Å². The number of rotatable bonds is 2. The number of carboxylic acid groups (broad SMARTS) is 2. The van der Waals surface area contributed by atoms with Gasteiger partial charge in [0.05, 0.1) is 22.2 Å². The molecule has 2 aromatic heterocycles. The monoisotopic (exact) mass is 503 g/mol. The molecule has 0 saturated carbocycles. The van der Waals surface area contributed by atoms with Crippen LogP contribution in [-0.2, 0) is 19.5 Å².